The Bertz CT molecular complexity index is 412. The topological polar surface area (TPSA) is 35.5 Å². The zero-order valence-electron chi connectivity index (χ0n) is 9.82. The van der Waals surface area contributed by atoms with E-state index in [0.717, 1.165) is 17.1 Å². The van der Waals surface area contributed by atoms with Crippen molar-refractivity contribution >= 4 is 5.78 Å². The van der Waals surface area contributed by atoms with Gasteiger partial charge < -0.3 is 9.47 Å². The van der Waals surface area contributed by atoms with Gasteiger partial charge in [-0.2, -0.15) is 0 Å². The number of ether oxygens (including phenoxy) is 2. The zero-order chi connectivity index (χ0) is 11.7. The number of hydrogen-bond acceptors (Lipinski definition) is 3. The molecule has 3 nitrogen and oxygen atoms in total. The Balaban J connectivity index is 2.34. The van der Waals surface area contributed by atoms with Gasteiger partial charge >= 0.3 is 0 Å². The normalized spacial score (nSPS) is 23.8. The van der Waals surface area contributed by atoms with E-state index in [2.05, 4.69) is 0 Å². The predicted molar refractivity (Wildman–Crippen MR) is 61.1 cm³/mol. The lowest BCUT2D eigenvalue weighted by Gasteiger charge is -2.33. The minimum atomic E-state index is 0.0982. The SMILES string of the molecule is COc1ccc(OC)c(C2CC(=O)C2C)c1. The van der Waals surface area contributed by atoms with Gasteiger partial charge in [-0.1, -0.05) is 6.92 Å². The van der Waals surface area contributed by atoms with Crippen molar-refractivity contribution in [2.75, 3.05) is 14.2 Å². The summed E-state index contributed by atoms with van der Waals surface area (Å²) < 4.78 is 10.5. The van der Waals surface area contributed by atoms with Crippen molar-refractivity contribution in [1.82, 2.24) is 0 Å². The van der Waals surface area contributed by atoms with Crippen LogP contribution in [-0.4, -0.2) is 20.0 Å². The van der Waals surface area contributed by atoms with E-state index in [0.29, 0.717) is 12.2 Å². The van der Waals surface area contributed by atoms with Crippen LogP contribution in [0.25, 0.3) is 0 Å². The highest BCUT2D eigenvalue weighted by Crippen LogP contribution is 2.44. The minimum Gasteiger partial charge on any atom is -0.497 e. The maximum Gasteiger partial charge on any atom is 0.136 e. The Morgan fingerprint density at radius 2 is 2.00 bits per heavy atom. The molecule has 16 heavy (non-hydrogen) atoms. The molecule has 1 aromatic rings. The third-order valence-electron chi connectivity index (χ3n) is 3.37. The number of hydrogen-bond donors (Lipinski definition) is 0. The molecule has 1 saturated carbocycles. The summed E-state index contributed by atoms with van der Waals surface area (Å²) in [5.74, 6) is 2.35. The molecule has 0 amide bonds. The van der Waals surface area contributed by atoms with E-state index in [1.54, 1.807) is 14.2 Å². The molecule has 1 aliphatic carbocycles. The average molecular weight is 220 g/mol. The fraction of sp³-hybridized carbons (Fsp3) is 0.462. The number of ketones is 1. The molecule has 0 radical (unpaired) electrons. The summed E-state index contributed by atoms with van der Waals surface area (Å²) in [5.41, 5.74) is 1.08. The molecule has 2 unspecified atom stereocenters. The van der Waals surface area contributed by atoms with Gasteiger partial charge in [-0.05, 0) is 18.2 Å². The van der Waals surface area contributed by atoms with Crippen molar-refractivity contribution in [3.05, 3.63) is 23.8 Å². The second-order valence-corrected chi connectivity index (χ2v) is 4.17. The summed E-state index contributed by atoms with van der Waals surface area (Å²) in [5, 5.41) is 0. The molecule has 0 aliphatic heterocycles. The first-order valence-electron chi connectivity index (χ1n) is 5.42. The maximum atomic E-state index is 11.3. The van der Waals surface area contributed by atoms with E-state index in [-0.39, 0.29) is 11.8 Å². The molecule has 1 aliphatic rings. The summed E-state index contributed by atoms with van der Waals surface area (Å²) in [6.45, 7) is 1.97. The lowest BCUT2D eigenvalue weighted by molar-refractivity contribution is -0.130. The van der Waals surface area contributed by atoms with E-state index in [1.807, 2.05) is 25.1 Å². The third kappa shape index (κ3) is 1.66. The van der Waals surface area contributed by atoms with Gasteiger partial charge in [0, 0.05) is 23.8 Å². The van der Waals surface area contributed by atoms with Crippen LogP contribution in [0.1, 0.15) is 24.8 Å². The Morgan fingerprint density at radius 1 is 1.25 bits per heavy atom. The first kappa shape index (κ1) is 11.0. The van der Waals surface area contributed by atoms with Crippen molar-refractivity contribution in [2.24, 2.45) is 5.92 Å². The molecule has 0 saturated heterocycles. The smallest absolute Gasteiger partial charge is 0.136 e. The van der Waals surface area contributed by atoms with Crippen LogP contribution in [0.15, 0.2) is 18.2 Å². The fourth-order valence-corrected chi connectivity index (χ4v) is 2.15. The number of Topliss-reactive ketones (excluding diaryl/α,β-unsaturated/α-hetero) is 1. The molecular formula is C13H16O3. The Morgan fingerprint density at radius 3 is 2.50 bits per heavy atom. The van der Waals surface area contributed by atoms with Gasteiger partial charge in [0.05, 0.1) is 14.2 Å². The van der Waals surface area contributed by atoms with Gasteiger partial charge in [0.15, 0.2) is 0 Å². The van der Waals surface area contributed by atoms with Crippen LogP contribution >= 0.6 is 0 Å². The summed E-state index contributed by atoms with van der Waals surface area (Å²) in [6.07, 6.45) is 0.616. The van der Waals surface area contributed by atoms with Crippen molar-refractivity contribution in [3.8, 4) is 11.5 Å². The van der Waals surface area contributed by atoms with Gasteiger partial charge in [0.1, 0.15) is 17.3 Å². The van der Waals surface area contributed by atoms with Crippen molar-refractivity contribution in [2.45, 2.75) is 19.3 Å². The molecule has 0 bridgehead atoms. The molecule has 0 heterocycles. The van der Waals surface area contributed by atoms with Crippen LogP contribution < -0.4 is 9.47 Å². The van der Waals surface area contributed by atoms with Gasteiger partial charge in [0.2, 0.25) is 0 Å². The molecule has 1 aromatic carbocycles. The Labute approximate surface area is 95.4 Å². The lowest BCUT2D eigenvalue weighted by Crippen LogP contribution is -2.33. The standard InChI is InChI=1S/C13H16O3/c1-8-10(7-12(8)14)11-6-9(15-2)4-5-13(11)16-3/h4-6,8,10H,7H2,1-3H3. The second kappa shape index (κ2) is 4.16. The van der Waals surface area contributed by atoms with E-state index < -0.39 is 0 Å². The van der Waals surface area contributed by atoms with Crippen LogP contribution in [0.4, 0.5) is 0 Å². The molecule has 0 aromatic heterocycles. The zero-order valence-corrected chi connectivity index (χ0v) is 9.82. The van der Waals surface area contributed by atoms with Crippen LogP contribution in [0.5, 0.6) is 11.5 Å². The van der Waals surface area contributed by atoms with Gasteiger partial charge in [-0.15, -0.1) is 0 Å². The first-order valence-corrected chi connectivity index (χ1v) is 5.42. The molecule has 1 fully saturated rings. The Hall–Kier alpha value is -1.51. The van der Waals surface area contributed by atoms with Crippen LogP contribution in [-0.2, 0) is 4.79 Å². The van der Waals surface area contributed by atoms with Gasteiger partial charge in [0.25, 0.3) is 0 Å². The van der Waals surface area contributed by atoms with Gasteiger partial charge in [-0.3, -0.25) is 4.79 Å². The summed E-state index contributed by atoms with van der Waals surface area (Å²) >= 11 is 0. The molecule has 0 spiro atoms. The summed E-state index contributed by atoms with van der Waals surface area (Å²) in [7, 11) is 3.29. The number of methoxy groups -OCH3 is 2. The number of benzene rings is 1. The highest BCUT2D eigenvalue weighted by atomic mass is 16.5. The van der Waals surface area contributed by atoms with Gasteiger partial charge in [-0.25, -0.2) is 0 Å². The fourth-order valence-electron chi connectivity index (χ4n) is 2.15. The highest BCUT2D eigenvalue weighted by Gasteiger charge is 2.38. The monoisotopic (exact) mass is 220 g/mol. The van der Waals surface area contributed by atoms with Crippen LogP contribution in [0, 0.1) is 5.92 Å². The van der Waals surface area contributed by atoms with E-state index in [9.17, 15) is 4.79 Å². The highest BCUT2D eigenvalue weighted by molar-refractivity contribution is 5.89. The third-order valence-corrected chi connectivity index (χ3v) is 3.37. The summed E-state index contributed by atoms with van der Waals surface area (Å²) in [6, 6.07) is 5.73. The lowest BCUT2D eigenvalue weighted by atomic mass is 9.70. The summed E-state index contributed by atoms with van der Waals surface area (Å²) in [4.78, 5) is 11.3. The Kier molecular flexibility index (Phi) is 2.86. The largest absolute Gasteiger partial charge is 0.497 e. The molecule has 2 atom stereocenters. The van der Waals surface area contributed by atoms with Crippen LogP contribution in [0.3, 0.4) is 0 Å². The van der Waals surface area contributed by atoms with Crippen LogP contribution in [0.2, 0.25) is 0 Å². The number of carbonyl (C=O) groups is 1. The molecule has 0 N–H and O–H groups in total. The van der Waals surface area contributed by atoms with Crippen molar-refractivity contribution in [3.63, 3.8) is 0 Å². The predicted octanol–water partition coefficient (Wildman–Crippen LogP) is 2.40. The molecule has 2 rings (SSSR count). The quantitative estimate of drug-likeness (QED) is 0.784. The molecule has 3 heteroatoms. The van der Waals surface area contributed by atoms with E-state index >= 15 is 0 Å². The maximum absolute atomic E-state index is 11.3. The first-order chi connectivity index (χ1) is 7.67. The van der Waals surface area contributed by atoms with Crippen molar-refractivity contribution < 1.29 is 14.3 Å². The van der Waals surface area contributed by atoms with Crippen molar-refractivity contribution in [1.29, 1.82) is 0 Å². The van der Waals surface area contributed by atoms with E-state index in [4.69, 9.17) is 9.47 Å². The number of carbonyl (C=O) groups excluding carboxylic acids is 1. The number of rotatable bonds is 3. The minimum absolute atomic E-state index is 0.0982. The molecule has 86 valence electrons. The second-order valence-electron chi connectivity index (χ2n) is 4.17. The average Bonchev–Trinajstić information content (AvgIpc) is 2.34. The van der Waals surface area contributed by atoms with E-state index in [1.165, 1.54) is 0 Å². The molecular weight excluding hydrogens is 204 g/mol.